The van der Waals surface area contributed by atoms with E-state index in [1.54, 1.807) is 5.19 Å². The average molecular weight is 350 g/mol. The number of alkyl halides is 2. The first-order valence-corrected chi connectivity index (χ1v) is 10.5. The average Bonchev–Trinajstić information content (AvgIpc) is 2.19. The van der Waals surface area contributed by atoms with E-state index in [9.17, 15) is 0 Å². The molecule has 0 aliphatic carbocycles. The van der Waals surface area contributed by atoms with Crippen molar-refractivity contribution in [1.82, 2.24) is 0 Å². The van der Waals surface area contributed by atoms with Gasteiger partial charge in [0.1, 0.15) is 0 Å². The molecule has 0 fully saturated rings. The highest BCUT2D eigenvalue weighted by Crippen LogP contribution is 2.18. The van der Waals surface area contributed by atoms with Crippen molar-refractivity contribution < 1.29 is 0 Å². The monoisotopic (exact) mass is 348 g/mol. The summed E-state index contributed by atoms with van der Waals surface area (Å²) in [5, 5.41) is 3.83. The lowest BCUT2D eigenvalue weighted by molar-refractivity contribution is 1.30. The highest BCUT2D eigenvalue weighted by atomic mass is 79.9. The fourth-order valence-electron chi connectivity index (χ4n) is 1.79. The van der Waals surface area contributed by atoms with E-state index in [2.05, 4.69) is 69.6 Å². The summed E-state index contributed by atoms with van der Waals surface area (Å²) in [7, 11) is -1.24. The molecule has 1 aromatic carbocycles. The van der Waals surface area contributed by atoms with Gasteiger partial charge in [0.15, 0.2) is 0 Å². The number of hydrogen-bond donors (Lipinski definition) is 0. The van der Waals surface area contributed by atoms with Crippen LogP contribution in [0.1, 0.15) is 5.56 Å². The van der Waals surface area contributed by atoms with Gasteiger partial charge in [-0.3, -0.25) is 0 Å². The molecule has 0 bridgehead atoms. The van der Waals surface area contributed by atoms with Crippen LogP contribution in [0.5, 0.6) is 0 Å². The van der Waals surface area contributed by atoms with Crippen molar-refractivity contribution in [2.24, 2.45) is 0 Å². The van der Waals surface area contributed by atoms with E-state index < -0.39 is 8.07 Å². The van der Waals surface area contributed by atoms with Crippen LogP contribution in [0.15, 0.2) is 24.3 Å². The lowest BCUT2D eigenvalue weighted by Crippen LogP contribution is -2.45. The second kappa shape index (κ2) is 6.21. The van der Waals surface area contributed by atoms with Crippen LogP contribution in [0.2, 0.25) is 18.6 Å². The molecule has 0 spiro atoms. The molecular weight excluding hydrogens is 332 g/mol. The fraction of sp³-hybridized carbons (Fsp3) is 0.500. The fourth-order valence-corrected chi connectivity index (χ4v) is 9.67. The number of rotatable bonds is 5. The first kappa shape index (κ1) is 13.5. The summed E-state index contributed by atoms with van der Waals surface area (Å²) in [5.41, 5.74) is 1.35. The third-order valence-electron chi connectivity index (χ3n) is 3.04. The van der Waals surface area contributed by atoms with Crippen LogP contribution in [0.4, 0.5) is 0 Å². The molecule has 0 radical (unpaired) electrons. The standard InChI is InChI=1S/C12H18Br2Si/c1-11-3-5-12(6-4-11)15(2,9-7-13)10-8-14/h3-6H,7-10H2,1-2H3. The van der Waals surface area contributed by atoms with E-state index in [0.29, 0.717) is 0 Å². The van der Waals surface area contributed by atoms with Gasteiger partial charge in [-0.15, -0.1) is 0 Å². The Balaban J connectivity index is 2.92. The smallest absolute Gasteiger partial charge is 0.0853 e. The third-order valence-corrected chi connectivity index (χ3v) is 9.73. The van der Waals surface area contributed by atoms with Crippen LogP contribution in [0.25, 0.3) is 0 Å². The summed E-state index contributed by atoms with van der Waals surface area (Å²) in [6, 6.07) is 11.8. The van der Waals surface area contributed by atoms with Crippen molar-refractivity contribution in [1.29, 1.82) is 0 Å². The zero-order chi connectivity index (χ0) is 11.3. The molecule has 0 saturated carbocycles. The highest BCUT2D eigenvalue weighted by Gasteiger charge is 2.27. The molecule has 0 N–H and O–H groups in total. The highest BCUT2D eigenvalue weighted by molar-refractivity contribution is 9.09. The Hall–Kier alpha value is 0.397. The van der Waals surface area contributed by atoms with E-state index in [0.717, 1.165) is 10.7 Å². The number of halogens is 2. The normalized spacial score (nSPS) is 11.7. The van der Waals surface area contributed by atoms with E-state index >= 15 is 0 Å². The van der Waals surface area contributed by atoms with Crippen LogP contribution in [-0.2, 0) is 0 Å². The summed E-state index contributed by atoms with van der Waals surface area (Å²) in [6.07, 6.45) is 0. The predicted octanol–water partition coefficient (Wildman–Crippen LogP) is 4.07. The quantitative estimate of drug-likeness (QED) is 0.555. The molecule has 0 unspecified atom stereocenters. The Labute approximate surface area is 111 Å². The lowest BCUT2D eigenvalue weighted by atomic mass is 10.2. The van der Waals surface area contributed by atoms with Crippen molar-refractivity contribution in [3.05, 3.63) is 29.8 Å². The lowest BCUT2D eigenvalue weighted by Gasteiger charge is -2.26. The maximum Gasteiger partial charge on any atom is 0.0853 e. The first-order chi connectivity index (χ1) is 7.12. The van der Waals surface area contributed by atoms with Gasteiger partial charge in [-0.25, -0.2) is 0 Å². The van der Waals surface area contributed by atoms with Crippen LogP contribution in [-0.4, -0.2) is 18.7 Å². The first-order valence-electron chi connectivity index (χ1n) is 5.31. The van der Waals surface area contributed by atoms with E-state index in [-0.39, 0.29) is 0 Å². The largest absolute Gasteiger partial charge is 0.0931 e. The Kier molecular flexibility index (Phi) is 5.57. The van der Waals surface area contributed by atoms with Crippen molar-refractivity contribution >= 4 is 45.1 Å². The Morgan fingerprint density at radius 1 is 1.00 bits per heavy atom. The maximum absolute atomic E-state index is 3.59. The van der Waals surface area contributed by atoms with Crippen LogP contribution in [0, 0.1) is 6.92 Å². The summed E-state index contributed by atoms with van der Waals surface area (Å²) < 4.78 is 0. The summed E-state index contributed by atoms with van der Waals surface area (Å²) >= 11 is 7.17. The molecule has 84 valence electrons. The minimum absolute atomic E-state index is 1.12. The van der Waals surface area contributed by atoms with Gasteiger partial charge in [0.2, 0.25) is 0 Å². The molecule has 15 heavy (non-hydrogen) atoms. The van der Waals surface area contributed by atoms with Gasteiger partial charge in [0, 0.05) is 10.7 Å². The summed E-state index contributed by atoms with van der Waals surface area (Å²) in [6.45, 7) is 4.64. The van der Waals surface area contributed by atoms with Gasteiger partial charge in [0.25, 0.3) is 0 Å². The molecule has 0 saturated heterocycles. The predicted molar refractivity (Wildman–Crippen MR) is 79.6 cm³/mol. The molecule has 0 aromatic heterocycles. The molecule has 0 nitrogen and oxygen atoms in total. The molecule has 1 rings (SSSR count). The SMILES string of the molecule is Cc1ccc([Si](C)(CCBr)CCBr)cc1. The van der Waals surface area contributed by atoms with E-state index in [4.69, 9.17) is 0 Å². The van der Waals surface area contributed by atoms with Gasteiger partial charge < -0.3 is 0 Å². The third kappa shape index (κ3) is 3.72. The second-order valence-corrected chi connectivity index (χ2v) is 10.6. The van der Waals surface area contributed by atoms with Crippen LogP contribution >= 0.6 is 31.9 Å². The topological polar surface area (TPSA) is 0 Å². The van der Waals surface area contributed by atoms with Crippen molar-refractivity contribution in [3.8, 4) is 0 Å². The molecule has 0 atom stereocenters. The molecule has 3 heteroatoms. The second-order valence-electron chi connectivity index (χ2n) is 4.30. The minimum Gasteiger partial charge on any atom is -0.0931 e. The van der Waals surface area contributed by atoms with Crippen molar-refractivity contribution in [3.63, 3.8) is 0 Å². The van der Waals surface area contributed by atoms with Gasteiger partial charge in [-0.1, -0.05) is 73.4 Å². The number of aryl methyl sites for hydroxylation is 1. The van der Waals surface area contributed by atoms with Crippen LogP contribution < -0.4 is 5.19 Å². The molecular formula is C12H18Br2Si. The zero-order valence-electron chi connectivity index (χ0n) is 9.39. The molecule has 0 amide bonds. The van der Waals surface area contributed by atoms with Crippen LogP contribution in [0.3, 0.4) is 0 Å². The maximum atomic E-state index is 3.59. The number of hydrogen-bond acceptors (Lipinski definition) is 0. The summed E-state index contributed by atoms with van der Waals surface area (Å²) in [5.74, 6) is 0. The van der Waals surface area contributed by atoms with Gasteiger partial charge in [-0.2, -0.15) is 0 Å². The molecule has 0 aliphatic heterocycles. The number of benzene rings is 1. The minimum atomic E-state index is -1.24. The Morgan fingerprint density at radius 2 is 1.47 bits per heavy atom. The molecule has 0 heterocycles. The summed E-state index contributed by atoms with van der Waals surface area (Å²) in [4.78, 5) is 0. The van der Waals surface area contributed by atoms with Crippen molar-refractivity contribution in [2.45, 2.75) is 25.6 Å². The Morgan fingerprint density at radius 3 is 1.87 bits per heavy atom. The van der Waals surface area contributed by atoms with E-state index in [1.165, 1.54) is 17.7 Å². The molecule has 0 aliphatic rings. The Bertz CT molecular complexity index is 289. The zero-order valence-corrected chi connectivity index (χ0v) is 13.6. The van der Waals surface area contributed by atoms with E-state index in [1.807, 2.05) is 0 Å². The van der Waals surface area contributed by atoms with Gasteiger partial charge >= 0.3 is 0 Å². The van der Waals surface area contributed by atoms with Gasteiger partial charge in [-0.05, 0) is 19.0 Å². The van der Waals surface area contributed by atoms with Gasteiger partial charge in [0.05, 0.1) is 8.07 Å². The van der Waals surface area contributed by atoms with Crippen molar-refractivity contribution in [2.75, 3.05) is 10.7 Å². The molecule has 1 aromatic rings.